The Morgan fingerprint density at radius 1 is 0.880 bits per heavy atom. The molecular weight excluding hydrogens is 300 g/mol. The van der Waals surface area contributed by atoms with E-state index in [2.05, 4.69) is 44.2 Å². The van der Waals surface area contributed by atoms with Gasteiger partial charge in [-0.3, -0.25) is 0 Å². The van der Waals surface area contributed by atoms with Gasteiger partial charge >= 0.3 is 0 Å². The molecule has 0 spiro atoms. The fourth-order valence-corrected chi connectivity index (χ4v) is 6.30. The van der Waals surface area contributed by atoms with Crippen LogP contribution in [0.25, 0.3) is 0 Å². The predicted molar refractivity (Wildman–Crippen MR) is 108 cm³/mol. The summed E-state index contributed by atoms with van der Waals surface area (Å²) in [6.45, 7) is 4.46. The maximum Gasteiger partial charge on any atom is -0.0231 e. The van der Waals surface area contributed by atoms with Crippen molar-refractivity contribution < 1.29 is 0 Å². The van der Waals surface area contributed by atoms with Gasteiger partial charge in [-0.05, 0) is 117 Å². The first-order valence-corrected chi connectivity index (χ1v) is 11.0. The van der Waals surface area contributed by atoms with Gasteiger partial charge in [0, 0.05) is 0 Å². The normalized spacial score (nSPS) is 35.4. The Hall–Kier alpha value is -1.04. The summed E-state index contributed by atoms with van der Waals surface area (Å²) in [7, 11) is 0. The maximum atomic E-state index is 2.49. The first-order chi connectivity index (χ1) is 12.3. The van der Waals surface area contributed by atoms with Crippen LogP contribution in [0.15, 0.2) is 30.4 Å². The second-order valence-corrected chi connectivity index (χ2v) is 9.15. The zero-order valence-electron chi connectivity index (χ0n) is 16.3. The molecule has 4 rings (SSSR count). The van der Waals surface area contributed by atoms with Crippen molar-refractivity contribution in [2.75, 3.05) is 0 Å². The van der Waals surface area contributed by atoms with Crippen LogP contribution in [0.2, 0.25) is 0 Å². The lowest BCUT2D eigenvalue weighted by molar-refractivity contribution is 0.0810. The molecule has 2 saturated carbocycles. The van der Waals surface area contributed by atoms with Gasteiger partial charge in [0.05, 0.1) is 0 Å². The number of benzene rings is 1. The van der Waals surface area contributed by atoms with Gasteiger partial charge in [0.25, 0.3) is 0 Å². The summed E-state index contributed by atoms with van der Waals surface area (Å²) in [5, 5.41) is 0. The summed E-state index contributed by atoms with van der Waals surface area (Å²) in [6.07, 6.45) is 19.1. The Labute approximate surface area is 155 Å². The third-order valence-electron chi connectivity index (χ3n) is 7.77. The van der Waals surface area contributed by atoms with E-state index in [9.17, 15) is 0 Å². The number of fused-ring (bicyclic) bond motifs is 2. The zero-order chi connectivity index (χ0) is 17.2. The number of aryl methyl sites for hydroxylation is 2. The van der Waals surface area contributed by atoms with E-state index in [0.717, 1.165) is 29.6 Å². The standard InChI is InChI=1S/C25H36/c1-3-5-19-7-9-23-17-25(13-11-21(23)15-19)24-12-10-20-14-18(4-2)6-8-22(20)16-24/h3,5-6,8,14,19,21,23-25H,4,7,9-13,15-17H2,1-2H3. The van der Waals surface area contributed by atoms with Crippen molar-refractivity contribution in [3.63, 3.8) is 0 Å². The third-order valence-corrected chi connectivity index (χ3v) is 7.77. The Kier molecular flexibility index (Phi) is 5.34. The van der Waals surface area contributed by atoms with Gasteiger partial charge in [0.2, 0.25) is 0 Å². The summed E-state index contributed by atoms with van der Waals surface area (Å²) >= 11 is 0. The SMILES string of the molecule is CC=CC1CCC2CC(C3CCc4cc(CC)ccc4C3)CCC2C1. The number of hydrogen-bond donors (Lipinski definition) is 0. The Morgan fingerprint density at radius 3 is 2.44 bits per heavy atom. The summed E-state index contributed by atoms with van der Waals surface area (Å²) in [6, 6.07) is 7.32. The molecule has 0 bridgehead atoms. The molecule has 0 saturated heterocycles. The van der Waals surface area contributed by atoms with Gasteiger partial charge in [0.1, 0.15) is 0 Å². The van der Waals surface area contributed by atoms with Gasteiger partial charge < -0.3 is 0 Å². The summed E-state index contributed by atoms with van der Waals surface area (Å²) in [4.78, 5) is 0. The second-order valence-electron chi connectivity index (χ2n) is 9.15. The molecule has 0 radical (unpaired) electrons. The Bertz CT molecular complexity index is 610. The topological polar surface area (TPSA) is 0 Å². The highest BCUT2D eigenvalue weighted by atomic mass is 14.4. The highest BCUT2D eigenvalue weighted by Gasteiger charge is 2.38. The molecule has 1 aromatic carbocycles. The average Bonchev–Trinajstić information content (AvgIpc) is 2.67. The van der Waals surface area contributed by atoms with Crippen LogP contribution in [0.3, 0.4) is 0 Å². The van der Waals surface area contributed by atoms with Crippen molar-refractivity contribution in [2.24, 2.45) is 29.6 Å². The number of hydrogen-bond acceptors (Lipinski definition) is 0. The monoisotopic (exact) mass is 336 g/mol. The molecule has 136 valence electrons. The molecule has 3 aliphatic rings. The zero-order valence-corrected chi connectivity index (χ0v) is 16.3. The van der Waals surface area contributed by atoms with Crippen molar-refractivity contribution in [3.8, 4) is 0 Å². The molecule has 3 aliphatic carbocycles. The van der Waals surface area contributed by atoms with Gasteiger partial charge in [0.15, 0.2) is 0 Å². The summed E-state index contributed by atoms with van der Waals surface area (Å²) < 4.78 is 0. The van der Waals surface area contributed by atoms with E-state index in [1.54, 1.807) is 17.5 Å². The van der Waals surface area contributed by atoms with Crippen LogP contribution in [-0.4, -0.2) is 0 Å². The van der Waals surface area contributed by atoms with Crippen LogP contribution < -0.4 is 0 Å². The van der Waals surface area contributed by atoms with E-state index in [-0.39, 0.29) is 0 Å². The molecule has 5 unspecified atom stereocenters. The first-order valence-electron chi connectivity index (χ1n) is 11.0. The molecule has 0 amide bonds. The molecule has 0 N–H and O–H groups in total. The van der Waals surface area contributed by atoms with E-state index < -0.39 is 0 Å². The van der Waals surface area contributed by atoms with E-state index >= 15 is 0 Å². The number of allylic oxidation sites excluding steroid dienone is 2. The van der Waals surface area contributed by atoms with Crippen molar-refractivity contribution in [1.82, 2.24) is 0 Å². The molecule has 0 heterocycles. The van der Waals surface area contributed by atoms with Crippen LogP contribution >= 0.6 is 0 Å². The van der Waals surface area contributed by atoms with Crippen LogP contribution in [0.1, 0.15) is 75.5 Å². The average molecular weight is 337 g/mol. The molecule has 0 heteroatoms. The molecule has 1 aromatic rings. The van der Waals surface area contributed by atoms with Gasteiger partial charge in [-0.25, -0.2) is 0 Å². The summed E-state index contributed by atoms with van der Waals surface area (Å²) in [5.41, 5.74) is 4.86. The van der Waals surface area contributed by atoms with E-state index in [1.807, 2.05) is 0 Å². The minimum Gasteiger partial charge on any atom is -0.0914 e. The molecule has 0 aliphatic heterocycles. The van der Waals surface area contributed by atoms with Crippen LogP contribution in [-0.2, 0) is 19.3 Å². The molecule has 5 atom stereocenters. The van der Waals surface area contributed by atoms with Gasteiger partial charge in [-0.2, -0.15) is 0 Å². The predicted octanol–water partition coefficient (Wildman–Crippen LogP) is 6.76. The minimum absolute atomic E-state index is 0.886. The fraction of sp³-hybridized carbons (Fsp3) is 0.680. The quantitative estimate of drug-likeness (QED) is 0.535. The Balaban J connectivity index is 1.38. The lowest BCUT2D eigenvalue weighted by atomic mass is 9.61. The number of rotatable bonds is 3. The van der Waals surface area contributed by atoms with Crippen molar-refractivity contribution in [2.45, 2.75) is 78.1 Å². The maximum absolute atomic E-state index is 2.49. The van der Waals surface area contributed by atoms with Crippen LogP contribution in [0.4, 0.5) is 0 Å². The van der Waals surface area contributed by atoms with Crippen molar-refractivity contribution in [1.29, 1.82) is 0 Å². The first kappa shape index (κ1) is 17.4. The van der Waals surface area contributed by atoms with Crippen LogP contribution in [0, 0.1) is 29.6 Å². The summed E-state index contributed by atoms with van der Waals surface area (Å²) in [5.74, 6) is 4.95. The van der Waals surface area contributed by atoms with E-state index in [1.165, 1.54) is 63.4 Å². The van der Waals surface area contributed by atoms with Gasteiger partial charge in [-0.1, -0.05) is 37.3 Å². The molecule has 2 fully saturated rings. The lowest BCUT2D eigenvalue weighted by Gasteiger charge is -2.44. The third kappa shape index (κ3) is 3.74. The van der Waals surface area contributed by atoms with Crippen molar-refractivity contribution >= 4 is 0 Å². The molecular formula is C25H36. The molecule has 25 heavy (non-hydrogen) atoms. The van der Waals surface area contributed by atoms with Crippen LogP contribution in [0.5, 0.6) is 0 Å². The Morgan fingerprint density at radius 2 is 1.64 bits per heavy atom. The van der Waals surface area contributed by atoms with E-state index in [0.29, 0.717) is 0 Å². The molecule has 0 nitrogen and oxygen atoms in total. The van der Waals surface area contributed by atoms with Gasteiger partial charge in [-0.15, -0.1) is 0 Å². The highest BCUT2D eigenvalue weighted by molar-refractivity contribution is 5.34. The van der Waals surface area contributed by atoms with Crippen molar-refractivity contribution in [3.05, 3.63) is 47.0 Å². The minimum atomic E-state index is 0.886. The van der Waals surface area contributed by atoms with E-state index in [4.69, 9.17) is 0 Å². The fourth-order valence-electron chi connectivity index (χ4n) is 6.30. The smallest absolute Gasteiger partial charge is 0.0231 e. The largest absolute Gasteiger partial charge is 0.0914 e. The highest BCUT2D eigenvalue weighted by Crippen LogP contribution is 2.48. The second kappa shape index (κ2) is 7.68. The lowest BCUT2D eigenvalue weighted by Crippen LogP contribution is -2.34. The molecule has 0 aromatic heterocycles.